The normalized spacial score (nSPS) is 16.4. The van der Waals surface area contributed by atoms with Gasteiger partial charge in [0.15, 0.2) is 0 Å². The van der Waals surface area contributed by atoms with Gasteiger partial charge in [-0.05, 0) is 37.5 Å². The average Bonchev–Trinajstić information content (AvgIpc) is 3.00. The van der Waals surface area contributed by atoms with Gasteiger partial charge in [0, 0.05) is 18.1 Å². The van der Waals surface area contributed by atoms with Crippen molar-refractivity contribution in [2.24, 2.45) is 10.7 Å². The Kier molecular flexibility index (Phi) is 4.69. The first-order valence-corrected chi connectivity index (χ1v) is 7.75. The molecule has 2 heterocycles. The molecule has 0 saturated carbocycles. The second-order valence-electron chi connectivity index (χ2n) is 5.64. The molecule has 1 aromatic carbocycles. The first-order valence-electron chi connectivity index (χ1n) is 7.75. The maximum absolute atomic E-state index is 12.1. The molecule has 1 amide bonds. The molecule has 24 heavy (non-hydrogen) atoms. The molecule has 2 aromatic rings. The smallest absolute Gasteiger partial charge is 0.282 e. The second-order valence-corrected chi connectivity index (χ2v) is 5.64. The third-order valence-electron chi connectivity index (χ3n) is 3.75. The minimum atomic E-state index is -0.226. The number of aryl methyl sites for hydroxylation is 2. The van der Waals surface area contributed by atoms with Crippen molar-refractivity contribution in [3.8, 4) is 0 Å². The summed E-state index contributed by atoms with van der Waals surface area (Å²) in [6.45, 7) is 2.33. The van der Waals surface area contributed by atoms with Gasteiger partial charge in [0.25, 0.3) is 11.9 Å². The van der Waals surface area contributed by atoms with E-state index in [4.69, 9.17) is 10.5 Å². The van der Waals surface area contributed by atoms with Crippen LogP contribution in [0.3, 0.4) is 0 Å². The van der Waals surface area contributed by atoms with E-state index in [-0.39, 0.29) is 18.0 Å². The monoisotopic (exact) mass is 325 g/mol. The topological polar surface area (TPSA) is 102 Å². The lowest BCUT2D eigenvalue weighted by atomic mass is 10.1. The van der Waals surface area contributed by atoms with E-state index < -0.39 is 0 Å². The molecule has 0 unspecified atom stereocenters. The van der Waals surface area contributed by atoms with Gasteiger partial charge in [-0.15, -0.1) is 0 Å². The van der Waals surface area contributed by atoms with Crippen molar-refractivity contribution in [2.45, 2.75) is 25.8 Å². The number of aromatic nitrogens is 2. The molecule has 0 spiro atoms. The lowest BCUT2D eigenvalue weighted by Crippen LogP contribution is -2.13. The molecule has 7 nitrogen and oxygen atoms in total. The molecule has 1 aliphatic rings. The molecule has 1 aromatic heterocycles. The highest BCUT2D eigenvalue weighted by Gasteiger charge is 2.16. The zero-order chi connectivity index (χ0) is 16.9. The van der Waals surface area contributed by atoms with E-state index in [0.717, 1.165) is 18.5 Å². The number of carbonyl (C=O) groups excluding carboxylic acids is 1. The van der Waals surface area contributed by atoms with E-state index in [1.165, 1.54) is 18.0 Å². The number of benzene rings is 1. The van der Waals surface area contributed by atoms with Crippen molar-refractivity contribution < 1.29 is 9.53 Å². The van der Waals surface area contributed by atoms with Crippen LogP contribution in [0.4, 0.5) is 5.69 Å². The van der Waals surface area contributed by atoms with Crippen molar-refractivity contribution >= 4 is 17.6 Å². The minimum Gasteiger partial charge on any atom is -0.463 e. The summed E-state index contributed by atoms with van der Waals surface area (Å²) in [6, 6.07) is 8.15. The van der Waals surface area contributed by atoms with Crippen LogP contribution in [0.1, 0.15) is 28.2 Å². The Morgan fingerprint density at radius 2 is 2.00 bits per heavy atom. The number of aliphatic imine (C=N–C) groups is 1. The number of nitrogens with one attached hydrogen (secondary N) is 1. The molecule has 0 radical (unpaired) electrons. The predicted molar refractivity (Wildman–Crippen MR) is 90.8 cm³/mol. The van der Waals surface area contributed by atoms with Gasteiger partial charge in [-0.3, -0.25) is 4.79 Å². The lowest BCUT2D eigenvalue weighted by Gasteiger charge is -2.08. The summed E-state index contributed by atoms with van der Waals surface area (Å²) < 4.78 is 5.14. The summed E-state index contributed by atoms with van der Waals surface area (Å²) in [6.07, 6.45) is 4.79. The summed E-state index contributed by atoms with van der Waals surface area (Å²) >= 11 is 0. The summed E-state index contributed by atoms with van der Waals surface area (Å²) in [5.41, 5.74) is 7.83. The van der Waals surface area contributed by atoms with Crippen LogP contribution in [0.15, 0.2) is 41.7 Å². The van der Waals surface area contributed by atoms with E-state index in [1.807, 2.05) is 24.3 Å². The number of ether oxygens (including phenoxy) is 1. The van der Waals surface area contributed by atoms with Gasteiger partial charge in [0.05, 0.1) is 11.6 Å². The second kappa shape index (κ2) is 7.08. The van der Waals surface area contributed by atoms with Crippen LogP contribution in [-0.4, -0.2) is 34.5 Å². The van der Waals surface area contributed by atoms with Crippen molar-refractivity contribution in [1.82, 2.24) is 9.97 Å². The van der Waals surface area contributed by atoms with E-state index in [0.29, 0.717) is 18.0 Å². The van der Waals surface area contributed by atoms with Crippen molar-refractivity contribution in [1.29, 1.82) is 0 Å². The Morgan fingerprint density at radius 3 is 2.62 bits per heavy atom. The van der Waals surface area contributed by atoms with Gasteiger partial charge in [-0.2, -0.15) is 0 Å². The van der Waals surface area contributed by atoms with Gasteiger partial charge in [-0.1, -0.05) is 12.1 Å². The molecule has 0 saturated heterocycles. The van der Waals surface area contributed by atoms with Crippen LogP contribution >= 0.6 is 0 Å². The number of amidine groups is 1. The SMILES string of the molecule is Cc1ncc(C(=O)Nc2ccc(CC[C@H]3COC(N)=N3)cc2)cn1. The van der Waals surface area contributed by atoms with Gasteiger partial charge >= 0.3 is 0 Å². The molecular weight excluding hydrogens is 306 g/mol. The van der Waals surface area contributed by atoms with Crippen molar-refractivity contribution in [3.63, 3.8) is 0 Å². The van der Waals surface area contributed by atoms with Gasteiger partial charge < -0.3 is 15.8 Å². The van der Waals surface area contributed by atoms with Crippen LogP contribution in [0.25, 0.3) is 0 Å². The molecular formula is C17H19N5O2. The number of nitrogens with two attached hydrogens (primary N) is 1. The number of nitrogens with zero attached hydrogens (tertiary/aromatic N) is 3. The standard InChI is InChI=1S/C17H19N5O2/c1-11-19-8-13(9-20-11)16(23)21-14-5-2-12(3-6-14)4-7-15-10-24-17(18)22-15/h2-3,5-6,8-9,15H,4,7,10H2,1H3,(H2,18,22)(H,21,23)/t15-/m0/s1. The summed E-state index contributed by atoms with van der Waals surface area (Å²) in [5, 5.41) is 2.83. The molecule has 0 aliphatic carbocycles. The number of hydrogen-bond acceptors (Lipinski definition) is 6. The van der Waals surface area contributed by atoms with Crippen LogP contribution < -0.4 is 11.1 Å². The fraction of sp³-hybridized carbons (Fsp3) is 0.294. The van der Waals surface area contributed by atoms with Crippen LogP contribution in [-0.2, 0) is 11.2 Å². The third kappa shape index (κ3) is 4.07. The molecule has 3 rings (SSSR count). The Morgan fingerprint density at radius 1 is 1.29 bits per heavy atom. The van der Waals surface area contributed by atoms with E-state index in [1.54, 1.807) is 6.92 Å². The molecule has 124 valence electrons. The molecule has 1 atom stereocenters. The summed E-state index contributed by atoms with van der Waals surface area (Å²) in [5.74, 6) is 0.408. The Balaban J connectivity index is 1.54. The lowest BCUT2D eigenvalue weighted by molar-refractivity contribution is 0.102. The first kappa shape index (κ1) is 15.9. The summed E-state index contributed by atoms with van der Waals surface area (Å²) in [7, 11) is 0. The van der Waals surface area contributed by atoms with Crippen LogP contribution in [0.2, 0.25) is 0 Å². The third-order valence-corrected chi connectivity index (χ3v) is 3.75. The van der Waals surface area contributed by atoms with E-state index in [2.05, 4.69) is 20.3 Å². The van der Waals surface area contributed by atoms with Gasteiger partial charge in [-0.25, -0.2) is 15.0 Å². The van der Waals surface area contributed by atoms with Crippen molar-refractivity contribution in [3.05, 3.63) is 53.6 Å². The maximum atomic E-state index is 12.1. The Bertz CT molecular complexity index is 741. The number of rotatable bonds is 5. The highest BCUT2D eigenvalue weighted by Crippen LogP contribution is 2.15. The maximum Gasteiger partial charge on any atom is 0.282 e. The highest BCUT2D eigenvalue weighted by atomic mass is 16.5. The average molecular weight is 325 g/mol. The number of anilines is 1. The molecule has 1 aliphatic heterocycles. The summed E-state index contributed by atoms with van der Waals surface area (Å²) in [4.78, 5) is 24.4. The minimum absolute atomic E-state index is 0.130. The Hall–Kier alpha value is -2.96. The largest absolute Gasteiger partial charge is 0.463 e. The zero-order valence-corrected chi connectivity index (χ0v) is 13.4. The number of carbonyl (C=O) groups is 1. The Labute approximate surface area is 140 Å². The fourth-order valence-electron chi connectivity index (χ4n) is 2.39. The van der Waals surface area contributed by atoms with E-state index in [9.17, 15) is 4.79 Å². The fourth-order valence-corrected chi connectivity index (χ4v) is 2.39. The van der Waals surface area contributed by atoms with Gasteiger partial charge in [0.1, 0.15) is 12.4 Å². The highest BCUT2D eigenvalue weighted by molar-refractivity contribution is 6.03. The van der Waals surface area contributed by atoms with Crippen LogP contribution in [0, 0.1) is 6.92 Å². The van der Waals surface area contributed by atoms with E-state index >= 15 is 0 Å². The first-order chi connectivity index (χ1) is 11.6. The van der Waals surface area contributed by atoms with Gasteiger partial charge in [0.2, 0.25) is 0 Å². The molecule has 0 bridgehead atoms. The van der Waals surface area contributed by atoms with Crippen molar-refractivity contribution in [2.75, 3.05) is 11.9 Å². The molecule has 0 fully saturated rings. The quantitative estimate of drug-likeness (QED) is 0.871. The number of amides is 1. The number of hydrogen-bond donors (Lipinski definition) is 2. The molecule has 7 heteroatoms. The van der Waals surface area contributed by atoms with Crippen LogP contribution in [0.5, 0.6) is 0 Å². The molecule has 3 N–H and O–H groups in total. The zero-order valence-electron chi connectivity index (χ0n) is 13.4. The predicted octanol–water partition coefficient (Wildman–Crippen LogP) is 1.68.